The summed E-state index contributed by atoms with van der Waals surface area (Å²) < 4.78 is 0. The Kier molecular flexibility index (Phi) is 4.28. The van der Waals surface area contributed by atoms with E-state index in [1.54, 1.807) is 0 Å². The fraction of sp³-hybridized carbons (Fsp3) is 0.667. The molecule has 0 rings (SSSR count). The number of nitrogens with zero attached hydrogens (tertiary/aromatic N) is 1. The molecule has 0 aromatic rings. The van der Waals surface area contributed by atoms with Crippen LogP contribution in [-0.4, -0.2) is 19.4 Å². The molecule has 0 fully saturated rings. The maximum atomic E-state index is 9.95. The molecule has 0 aliphatic carbocycles. The highest BCUT2D eigenvalue weighted by Crippen LogP contribution is 1.92. The summed E-state index contributed by atoms with van der Waals surface area (Å²) in [6, 6.07) is 0. The number of carbonyl (C=O) groups is 1. The molecular formula is C6H12N2O2. The van der Waals surface area contributed by atoms with E-state index in [4.69, 9.17) is 0 Å². The van der Waals surface area contributed by atoms with E-state index in [1.165, 1.54) is 7.11 Å². The smallest absolute Gasteiger partial charge is 0.212 e. The summed E-state index contributed by atoms with van der Waals surface area (Å²) in [6.07, 6.45) is 0.581. The number of carbonyl (C=O) groups excluding carboxylic acids is 1. The fourth-order valence-corrected chi connectivity index (χ4v) is 0.457. The summed E-state index contributed by atoms with van der Waals surface area (Å²) >= 11 is 0. The Morgan fingerprint density at radius 2 is 2.30 bits per heavy atom. The molecule has 0 heterocycles. The quantitative estimate of drug-likeness (QED) is 0.269. The number of hydrogen-bond acceptors (Lipinski definition) is 3. The van der Waals surface area contributed by atoms with Gasteiger partial charge in [-0.05, 0) is 0 Å². The van der Waals surface area contributed by atoms with E-state index < -0.39 is 0 Å². The highest BCUT2D eigenvalue weighted by molar-refractivity contribution is 5.91. The van der Waals surface area contributed by atoms with Crippen LogP contribution < -0.4 is 5.32 Å². The normalized spacial score (nSPS) is 11.4. The van der Waals surface area contributed by atoms with Gasteiger partial charge in [0.15, 0.2) is 5.84 Å². The monoisotopic (exact) mass is 144 g/mol. The van der Waals surface area contributed by atoms with E-state index in [0.29, 0.717) is 12.2 Å². The van der Waals surface area contributed by atoms with Crippen molar-refractivity contribution in [2.24, 2.45) is 11.1 Å². The Balaban J connectivity index is 3.96. The number of amides is 1. The molecule has 0 aromatic heterocycles. The van der Waals surface area contributed by atoms with Crippen LogP contribution in [0.5, 0.6) is 0 Å². The summed E-state index contributed by atoms with van der Waals surface area (Å²) in [6.45, 7) is 3.82. The molecule has 0 saturated heterocycles. The van der Waals surface area contributed by atoms with Crippen LogP contribution >= 0.6 is 0 Å². The Morgan fingerprint density at radius 1 is 1.70 bits per heavy atom. The topological polar surface area (TPSA) is 50.7 Å². The minimum atomic E-state index is 0.171. The summed E-state index contributed by atoms with van der Waals surface area (Å²) in [5.74, 6) is 0.711. The first-order chi connectivity index (χ1) is 4.72. The minimum Gasteiger partial charge on any atom is -0.398 e. The predicted molar refractivity (Wildman–Crippen MR) is 38.5 cm³/mol. The standard InChI is InChI=1S/C6H12N2O2/c1-5(2)6(7-4-9)8-10-3/h4-5H,1-3H3,(H,7,8,9). The molecule has 4 nitrogen and oxygen atoms in total. The lowest BCUT2D eigenvalue weighted by Crippen LogP contribution is -2.26. The van der Waals surface area contributed by atoms with Gasteiger partial charge in [-0.15, -0.1) is 0 Å². The highest BCUT2D eigenvalue weighted by Gasteiger charge is 2.02. The van der Waals surface area contributed by atoms with Crippen molar-refractivity contribution >= 4 is 12.2 Å². The van der Waals surface area contributed by atoms with Crippen LogP contribution in [0.3, 0.4) is 0 Å². The van der Waals surface area contributed by atoms with Gasteiger partial charge in [0.25, 0.3) is 0 Å². The maximum absolute atomic E-state index is 9.95. The first kappa shape index (κ1) is 8.94. The van der Waals surface area contributed by atoms with Gasteiger partial charge < -0.3 is 10.2 Å². The number of rotatable bonds is 3. The Hall–Kier alpha value is -1.06. The molecule has 1 N–H and O–H groups in total. The van der Waals surface area contributed by atoms with Crippen LogP contribution in [0.1, 0.15) is 13.8 Å². The zero-order valence-electron chi connectivity index (χ0n) is 6.42. The summed E-state index contributed by atoms with van der Waals surface area (Å²) in [7, 11) is 1.44. The van der Waals surface area contributed by atoms with Gasteiger partial charge in [0.1, 0.15) is 7.11 Å². The molecule has 0 unspecified atom stereocenters. The second-order valence-electron chi connectivity index (χ2n) is 2.08. The van der Waals surface area contributed by atoms with Crippen LogP contribution in [0.25, 0.3) is 0 Å². The molecule has 58 valence electrons. The third-order valence-electron chi connectivity index (χ3n) is 0.943. The van der Waals surface area contributed by atoms with Gasteiger partial charge in [-0.1, -0.05) is 19.0 Å². The molecule has 10 heavy (non-hydrogen) atoms. The van der Waals surface area contributed by atoms with Crippen molar-refractivity contribution in [1.82, 2.24) is 5.32 Å². The van der Waals surface area contributed by atoms with Gasteiger partial charge in [-0.25, -0.2) is 0 Å². The van der Waals surface area contributed by atoms with Crippen LogP contribution in [0.15, 0.2) is 5.16 Å². The van der Waals surface area contributed by atoms with Crippen molar-refractivity contribution in [2.75, 3.05) is 7.11 Å². The molecule has 0 saturated carbocycles. The molecule has 0 aliphatic heterocycles. The summed E-state index contributed by atoms with van der Waals surface area (Å²) in [5.41, 5.74) is 0. The van der Waals surface area contributed by atoms with Crippen LogP contribution in [0.2, 0.25) is 0 Å². The van der Waals surface area contributed by atoms with Crippen LogP contribution in [0, 0.1) is 5.92 Å². The first-order valence-electron chi connectivity index (χ1n) is 3.03. The molecule has 0 radical (unpaired) electrons. The molecule has 1 amide bonds. The average Bonchev–Trinajstić information content (AvgIpc) is 1.87. The van der Waals surface area contributed by atoms with Crippen molar-refractivity contribution in [2.45, 2.75) is 13.8 Å². The second kappa shape index (κ2) is 4.78. The minimum absolute atomic E-state index is 0.171. The van der Waals surface area contributed by atoms with Crippen molar-refractivity contribution in [3.05, 3.63) is 0 Å². The van der Waals surface area contributed by atoms with Crippen LogP contribution in [-0.2, 0) is 9.63 Å². The van der Waals surface area contributed by atoms with Crippen molar-refractivity contribution in [3.8, 4) is 0 Å². The van der Waals surface area contributed by atoms with Gasteiger partial charge in [-0.2, -0.15) is 0 Å². The number of amidine groups is 1. The van der Waals surface area contributed by atoms with E-state index in [9.17, 15) is 4.79 Å². The third-order valence-corrected chi connectivity index (χ3v) is 0.943. The van der Waals surface area contributed by atoms with Gasteiger partial charge >= 0.3 is 0 Å². The third kappa shape index (κ3) is 3.06. The number of oxime groups is 1. The van der Waals surface area contributed by atoms with E-state index in [-0.39, 0.29) is 5.92 Å². The van der Waals surface area contributed by atoms with Gasteiger partial charge in [0.05, 0.1) is 0 Å². The van der Waals surface area contributed by atoms with E-state index in [0.717, 1.165) is 0 Å². The lowest BCUT2D eigenvalue weighted by Gasteiger charge is -2.05. The van der Waals surface area contributed by atoms with Crippen molar-refractivity contribution < 1.29 is 9.63 Å². The molecule has 0 spiro atoms. The predicted octanol–water partition coefficient (Wildman–Crippen LogP) is 0.348. The van der Waals surface area contributed by atoms with Crippen molar-refractivity contribution in [1.29, 1.82) is 0 Å². The molecule has 0 aliphatic rings. The number of nitrogens with one attached hydrogen (secondary N) is 1. The van der Waals surface area contributed by atoms with E-state index >= 15 is 0 Å². The average molecular weight is 144 g/mol. The van der Waals surface area contributed by atoms with Gasteiger partial charge in [0.2, 0.25) is 6.41 Å². The molecule has 0 bridgehead atoms. The number of hydrogen-bond donors (Lipinski definition) is 1. The first-order valence-corrected chi connectivity index (χ1v) is 3.03. The SMILES string of the molecule is CO/N=C(\NC=O)C(C)C. The molecule has 0 atom stereocenters. The maximum Gasteiger partial charge on any atom is 0.212 e. The molecule has 0 aromatic carbocycles. The van der Waals surface area contributed by atoms with Gasteiger partial charge in [-0.3, -0.25) is 4.79 Å². The lowest BCUT2D eigenvalue weighted by atomic mass is 10.2. The summed E-state index contributed by atoms with van der Waals surface area (Å²) in [5, 5.41) is 6.02. The fourth-order valence-electron chi connectivity index (χ4n) is 0.457. The largest absolute Gasteiger partial charge is 0.398 e. The molecule has 4 heteroatoms. The zero-order chi connectivity index (χ0) is 7.98. The van der Waals surface area contributed by atoms with E-state index in [1.807, 2.05) is 13.8 Å². The van der Waals surface area contributed by atoms with E-state index in [2.05, 4.69) is 15.3 Å². The van der Waals surface area contributed by atoms with Crippen molar-refractivity contribution in [3.63, 3.8) is 0 Å². The molecular weight excluding hydrogens is 132 g/mol. The second-order valence-corrected chi connectivity index (χ2v) is 2.08. The highest BCUT2D eigenvalue weighted by atomic mass is 16.6. The van der Waals surface area contributed by atoms with Crippen LogP contribution in [0.4, 0.5) is 0 Å². The summed E-state index contributed by atoms with van der Waals surface area (Å²) in [4.78, 5) is 14.4. The Labute approximate surface area is 60.2 Å². The lowest BCUT2D eigenvalue weighted by molar-refractivity contribution is -0.108. The van der Waals surface area contributed by atoms with Gasteiger partial charge in [0, 0.05) is 5.92 Å². The zero-order valence-corrected chi connectivity index (χ0v) is 6.42. The Morgan fingerprint density at radius 3 is 2.60 bits per heavy atom. The Bertz CT molecular complexity index is 132.